The van der Waals surface area contributed by atoms with Crippen molar-refractivity contribution in [2.45, 2.75) is 0 Å². The Balaban J connectivity index is 1.42. The number of hydrogen-bond donors (Lipinski definition) is 0. The number of benzene rings is 8. The summed E-state index contributed by atoms with van der Waals surface area (Å²) in [6, 6.07) is 16.5. The van der Waals surface area contributed by atoms with E-state index in [1.807, 2.05) is 42.5 Å². The molecule has 1 heterocycles. The summed E-state index contributed by atoms with van der Waals surface area (Å²) >= 11 is 0. The average Bonchev–Trinajstić information content (AvgIpc) is 3.50. The van der Waals surface area contributed by atoms with Gasteiger partial charge in [-0.05, 0) is 107 Å². The van der Waals surface area contributed by atoms with Crippen LogP contribution in [0.15, 0.2) is 133 Å². The van der Waals surface area contributed by atoms with Crippen LogP contribution in [0.2, 0.25) is 0 Å². The monoisotopic (exact) mass is 529 g/mol. The van der Waals surface area contributed by atoms with Crippen LogP contribution in [-0.4, -0.2) is 0 Å². The van der Waals surface area contributed by atoms with E-state index in [4.69, 9.17) is 17.1 Å². The molecule has 1 aliphatic heterocycles. The van der Waals surface area contributed by atoms with Crippen molar-refractivity contribution in [1.29, 1.82) is 0 Å². The molecular formula is C40H22O. The first-order chi connectivity index (χ1) is 24.9. The molecule has 8 aromatic rings. The summed E-state index contributed by atoms with van der Waals surface area (Å²) in [5.41, 5.74) is 2.71. The Morgan fingerprint density at radius 1 is 0.463 bits per heavy atom. The van der Waals surface area contributed by atoms with Crippen molar-refractivity contribution in [2.24, 2.45) is 0 Å². The fraction of sp³-hybridized carbons (Fsp3) is 0. The van der Waals surface area contributed by atoms with Gasteiger partial charge in [-0.25, -0.2) is 0 Å². The van der Waals surface area contributed by atoms with Crippen LogP contribution in [0.1, 0.15) is 15.1 Å². The molecule has 1 nitrogen and oxygen atoms in total. The fourth-order valence-electron chi connectivity index (χ4n) is 6.63. The summed E-state index contributed by atoms with van der Waals surface area (Å²) in [7, 11) is 0. The van der Waals surface area contributed by atoms with Crippen molar-refractivity contribution in [3.8, 4) is 56.0 Å². The molecule has 0 aromatic heterocycles. The Kier molecular flexibility index (Phi) is 2.56. The second-order valence-corrected chi connectivity index (χ2v) is 10.4. The van der Waals surface area contributed by atoms with E-state index in [0.29, 0.717) is 22.6 Å². The molecule has 0 amide bonds. The van der Waals surface area contributed by atoms with E-state index < -0.39 is 54.4 Å². The van der Waals surface area contributed by atoms with Crippen molar-refractivity contribution in [3.63, 3.8) is 0 Å². The van der Waals surface area contributed by atoms with Gasteiger partial charge >= 0.3 is 0 Å². The van der Waals surface area contributed by atoms with Gasteiger partial charge in [0.2, 0.25) is 0 Å². The summed E-state index contributed by atoms with van der Waals surface area (Å²) in [6.07, 6.45) is 0. The first-order valence-corrected chi connectivity index (χ1v) is 13.3. The van der Waals surface area contributed by atoms with Gasteiger partial charge < -0.3 is 4.74 Å². The van der Waals surface area contributed by atoms with Gasteiger partial charge in [0.05, 0.1) is 15.1 Å². The van der Waals surface area contributed by atoms with E-state index in [-0.39, 0.29) is 61.4 Å². The van der Waals surface area contributed by atoms with E-state index >= 15 is 0 Å². The third-order valence-corrected chi connectivity index (χ3v) is 8.31. The minimum atomic E-state index is -0.539. The number of ether oxygens (including phenoxy) is 1. The molecule has 0 radical (unpaired) electrons. The zero-order chi connectivity index (χ0) is 36.2. The quantitative estimate of drug-likeness (QED) is 0.192. The maximum atomic E-state index is 9.49. The molecule has 1 heteroatoms. The molecule has 0 bridgehead atoms. The van der Waals surface area contributed by atoms with Crippen LogP contribution >= 0.6 is 0 Å². The molecule has 1 aliphatic carbocycles. The summed E-state index contributed by atoms with van der Waals surface area (Å²) in [6.45, 7) is 0. The van der Waals surface area contributed by atoms with Crippen LogP contribution in [0.4, 0.5) is 0 Å². The number of rotatable bonds is 1. The smallest absolute Gasteiger partial charge is 0.135 e. The van der Waals surface area contributed by atoms with Crippen molar-refractivity contribution in [1.82, 2.24) is 0 Å². The molecule has 0 N–H and O–H groups in total. The second kappa shape index (κ2) is 7.62. The lowest BCUT2D eigenvalue weighted by atomic mass is 9.85. The molecule has 2 aliphatic rings. The van der Waals surface area contributed by atoms with Crippen LogP contribution < -0.4 is 4.74 Å². The molecule has 188 valence electrons. The highest BCUT2D eigenvalue weighted by Gasteiger charge is 2.28. The first-order valence-electron chi connectivity index (χ1n) is 18.8. The van der Waals surface area contributed by atoms with Crippen LogP contribution in [0.25, 0.3) is 87.6 Å². The maximum Gasteiger partial charge on any atom is 0.135 e. The lowest BCUT2D eigenvalue weighted by Crippen LogP contribution is -1.98. The molecule has 8 aromatic carbocycles. The van der Waals surface area contributed by atoms with Crippen LogP contribution in [0.3, 0.4) is 0 Å². The zero-order valence-electron chi connectivity index (χ0n) is 32.3. The normalized spacial score (nSPS) is 16.3. The first kappa shape index (κ1) is 13.8. The van der Waals surface area contributed by atoms with Gasteiger partial charge in [0.15, 0.2) is 0 Å². The predicted octanol–water partition coefficient (Wildman–Crippen LogP) is 11.4. The van der Waals surface area contributed by atoms with Crippen molar-refractivity contribution in [2.75, 3.05) is 0 Å². The van der Waals surface area contributed by atoms with Crippen molar-refractivity contribution >= 4 is 43.1 Å². The van der Waals surface area contributed by atoms with Gasteiger partial charge in [-0.1, -0.05) is 103 Å². The van der Waals surface area contributed by atoms with E-state index in [0.717, 1.165) is 27.1 Å². The van der Waals surface area contributed by atoms with Gasteiger partial charge in [0, 0.05) is 10.9 Å². The highest BCUT2D eigenvalue weighted by molar-refractivity contribution is 6.23. The predicted molar refractivity (Wildman–Crippen MR) is 172 cm³/mol. The minimum absolute atomic E-state index is 0.0287. The van der Waals surface area contributed by atoms with E-state index in [2.05, 4.69) is 12.1 Å². The molecular weight excluding hydrogens is 496 g/mol. The molecule has 10 rings (SSSR count). The highest BCUT2D eigenvalue weighted by atomic mass is 16.5. The Morgan fingerprint density at radius 2 is 1.29 bits per heavy atom. The average molecular weight is 530 g/mol. The second-order valence-electron chi connectivity index (χ2n) is 10.4. The van der Waals surface area contributed by atoms with Gasteiger partial charge in [-0.15, -0.1) is 0 Å². The van der Waals surface area contributed by atoms with Crippen molar-refractivity contribution in [3.05, 3.63) is 133 Å². The Bertz CT molecular complexity index is 3050. The topological polar surface area (TPSA) is 9.23 Å². The van der Waals surface area contributed by atoms with Gasteiger partial charge in [0.25, 0.3) is 0 Å². The number of hydrogen-bond acceptors (Lipinski definition) is 1. The standard InChI is InChI=1S/C40H22O/c1-3-12-27-24(8-1)20-34-32-22-26(18-19-35(32)41-36-17-7-15-29(27)39(34)36)38-28-13-4-2-9-25(28)21-33-30-14-5-10-23-11-6-16-31(37(23)30)40(33)38/h1-22H/i2D,4D,5D,6D,9D,10D,11D,13D,14D,16D,21D. The van der Waals surface area contributed by atoms with Crippen molar-refractivity contribution < 1.29 is 19.8 Å². The lowest BCUT2D eigenvalue weighted by Gasteiger charge is -2.24. The van der Waals surface area contributed by atoms with Crippen LogP contribution in [0, 0.1) is 0 Å². The van der Waals surface area contributed by atoms with Crippen LogP contribution in [-0.2, 0) is 0 Å². The molecule has 0 saturated heterocycles. The molecule has 41 heavy (non-hydrogen) atoms. The molecule has 0 spiro atoms. The molecule has 0 atom stereocenters. The summed E-state index contributed by atoms with van der Waals surface area (Å²) < 4.78 is 104. The maximum absolute atomic E-state index is 9.49. The Hall–Kier alpha value is -5.40. The summed E-state index contributed by atoms with van der Waals surface area (Å²) in [5, 5.41) is 3.93. The largest absolute Gasteiger partial charge is 0.456 e. The lowest BCUT2D eigenvalue weighted by molar-refractivity contribution is 0.487. The fourth-order valence-corrected chi connectivity index (χ4v) is 6.63. The molecule has 0 saturated carbocycles. The Morgan fingerprint density at radius 3 is 2.24 bits per heavy atom. The third kappa shape index (κ3) is 2.75. The summed E-state index contributed by atoms with van der Waals surface area (Å²) in [5.74, 6) is 1.25. The SMILES string of the molecule is [2H]c1c([2H])c([2H])c2c(-c3ccc4c(c3)-c3cc5ccccc5c5cccc(c35)O4)c3c(c([2H])c2c1[2H])-c1c([2H])c([2H])c([2H])c2c([2H])c([2H])c([2H])c-3c12. The molecule has 0 fully saturated rings. The third-order valence-electron chi connectivity index (χ3n) is 8.31. The van der Waals surface area contributed by atoms with E-state index in [1.165, 1.54) is 0 Å². The van der Waals surface area contributed by atoms with E-state index in [9.17, 15) is 2.74 Å². The van der Waals surface area contributed by atoms with Gasteiger partial charge in [-0.2, -0.15) is 0 Å². The Labute approximate surface area is 252 Å². The van der Waals surface area contributed by atoms with Gasteiger partial charge in [0.1, 0.15) is 11.5 Å². The van der Waals surface area contributed by atoms with E-state index in [1.54, 1.807) is 12.1 Å². The summed E-state index contributed by atoms with van der Waals surface area (Å²) in [4.78, 5) is 0. The highest BCUT2D eigenvalue weighted by Crippen LogP contribution is 2.55. The zero-order valence-corrected chi connectivity index (χ0v) is 21.3. The van der Waals surface area contributed by atoms with Crippen LogP contribution in [0.5, 0.6) is 11.5 Å². The minimum Gasteiger partial charge on any atom is -0.456 e. The number of fused-ring (bicyclic) bond motifs is 8. The van der Waals surface area contributed by atoms with Gasteiger partial charge in [-0.3, -0.25) is 0 Å². The molecule has 0 unspecified atom stereocenters.